The van der Waals surface area contributed by atoms with Crippen molar-refractivity contribution in [3.05, 3.63) is 29.3 Å². The Morgan fingerprint density at radius 1 is 1.53 bits per heavy atom. The number of thiol groups is 1. The van der Waals surface area contributed by atoms with Gasteiger partial charge in [0.05, 0.1) is 0 Å². The van der Waals surface area contributed by atoms with Gasteiger partial charge in [0, 0.05) is 23.1 Å². The molecule has 0 aliphatic rings. The molecule has 1 atom stereocenters. The average Bonchev–Trinajstić information content (AvgIpc) is 2.29. The molecule has 2 N–H and O–H groups in total. The van der Waals surface area contributed by atoms with Gasteiger partial charge in [-0.05, 0) is 44.4 Å². The fraction of sp³-hybridized carbons (Fsp3) is 0.462. The Kier molecular flexibility index (Phi) is 5.51. The van der Waals surface area contributed by atoms with E-state index in [0.29, 0.717) is 12.0 Å². The van der Waals surface area contributed by atoms with Gasteiger partial charge in [-0.2, -0.15) is 0 Å². The van der Waals surface area contributed by atoms with Crippen LogP contribution in [-0.2, 0) is 0 Å². The third-order valence-electron chi connectivity index (χ3n) is 2.64. The molecule has 0 fully saturated rings. The van der Waals surface area contributed by atoms with Gasteiger partial charge in [-0.15, -0.1) is 12.6 Å². The van der Waals surface area contributed by atoms with Crippen LogP contribution in [0.3, 0.4) is 0 Å². The third-order valence-corrected chi connectivity index (χ3v) is 2.92. The van der Waals surface area contributed by atoms with Crippen molar-refractivity contribution < 1.29 is 9.90 Å². The van der Waals surface area contributed by atoms with Gasteiger partial charge < -0.3 is 10.4 Å². The molecule has 0 spiro atoms. The number of benzene rings is 1. The van der Waals surface area contributed by atoms with E-state index in [0.717, 1.165) is 16.9 Å². The van der Waals surface area contributed by atoms with Gasteiger partial charge in [0.15, 0.2) is 0 Å². The third kappa shape index (κ3) is 4.40. The molecule has 1 unspecified atom stereocenters. The van der Waals surface area contributed by atoms with E-state index in [1.54, 1.807) is 6.07 Å². The summed E-state index contributed by atoms with van der Waals surface area (Å²) in [7, 11) is 0. The highest BCUT2D eigenvalue weighted by Gasteiger charge is 2.11. The molecule has 1 aromatic carbocycles. The fourth-order valence-corrected chi connectivity index (χ4v) is 1.83. The first-order valence-electron chi connectivity index (χ1n) is 5.76. The Morgan fingerprint density at radius 3 is 2.88 bits per heavy atom. The number of aliphatic hydroxyl groups excluding tert-OH is 1. The number of amides is 1. The Balaban J connectivity index is 2.66. The number of aryl methyl sites for hydroxylation is 1. The second-order valence-corrected chi connectivity index (χ2v) is 4.76. The second-order valence-electron chi connectivity index (χ2n) is 4.24. The van der Waals surface area contributed by atoms with Crippen LogP contribution in [0.5, 0.6) is 0 Å². The van der Waals surface area contributed by atoms with E-state index in [4.69, 9.17) is 5.11 Å². The summed E-state index contributed by atoms with van der Waals surface area (Å²) in [5, 5.41) is 11.6. The minimum Gasteiger partial charge on any atom is -0.396 e. The van der Waals surface area contributed by atoms with Crippen LogP contribution in [-0.4, -0.2) is 23.7 Å². The minimum absolute atomic E-state index is 0.0672. The van der Waals surface area contributed by atoms with Crippen LogP contribution < -0.4 is 5.32 Å². The van der Waals surface area contributed by atoms with Crippen molar-refractivity contribution in [3.8, 4) is 0 Å². The highest BCUT2D eigenvalue weighted by Crippen LogP contribution is 2.14. The molecule has 0 aliphatic heterocycles. The van der Waals surface area contributed by atoms with Gasteiger partial charge in [0.1, 0.15) is 0 Å². The van der Waals surface area contributed by atoms with Crippen molar-refractivity contribution in [2.24, 2.45) is 0 Å². The summed E-state index contributed by atoms with van der Waals surface area (Å²) < 4.78 is 0. The van der Waals surface area contributed by atoms with E-state index in [-0.39, 0.29) is 18.6 Å². The lowest BCUT2D eigenvalue weighted by molar-refractivity contribution is 0.0935. The number of carbonyl (C=O) groups excluding carboxylic acids is 1. The SMILES string of the molecule is Cc1ccc(S)cc1C(=O)NC(C)CCCO. The molecule has 1 rings (SSSR count). The van der Waals surface area contributed by atoms with E-state index in [2.05, 4.69) is 17.9 Å². The Morgan fingerprint density at radius 2 is 2.24 bits per heavy atom. The lowest BCUT2D eigenvalue weighted by Gasteiger charge is -2.14. The molecule has 0 bridgehead atoms. The standard InChI is InChI=1S/C13H19NO2S/c1-9-5-6-11(17)8-12(9)13(16)14-10(2)4-3-7-15/h5-6,8,10,15,17H,3-4,7H2,1-2H3,(H,14,16). The average molecular weight is 253 g/mol. The summed E-state index contributed by atoms with van der Waals surface area (Å²) in [5.41, 5.74) is 1.60. The molecular formula is C13H19NO2S. The molecular weight excluding hydrogens is 234 g/mol. The molecule has 0 radical (unpaired) electrons. The molecule has 4 heteroatoms. The zero-order valence-corrected chi connectivity index (χ0v) is 11.1. The molecule has 0 saturated heterocycles. The summed E-state index contributed by atoms with van der Waals surface area (Å²) in [6.45, 7) is 4.00. The molecule has 0 aromatic heterocycles. The van der Waals surface area contributed by atoms with Crippen LogP contribution >= 0.6 is 12.6 Å². The first-order valence-corrected chi connectivity index (χ1v) is 6.20. The number of aliphatic hydroxyl groups is 1. The van der Waals surface area contributed by atoms with Crippen LogP contribution in [0.25, 0.3) is 0 Å². The second kappa shape index (κ2) is 6.67. The van der Waals surface area contributed by atoms with Gasteiger partial charge in [0.2, 0.25) is 0 Å². The summed E-state index contributed by atoms with van der Waals surface area (Å²) in [6.07, 6.45) is 1.48. The highest BCUT2D eigenvalue weighted by atomic mass is 32.1. The topological polar surface area (TPSA) is 49.3 Å². The van der Waals surface area contributed by atoms with E-state index in [1.165, 1.54) is 0 Å². The van der Waals surface area contributed by atoms with E-state index in [9.17, 15) is 4.79 Å². The number of hydrogen-bond acceptors (Lipinski definition) is 3. The quantitative estimate of drug-likeness (QED) is 0.704. The van der Waals surface area contributed by atoms with Crippen LogP contribution in [0.2, 0.25) is 0 Å². The summed E-state index contributed by atoms with van der Waals surface area (Å²) in [6, 6.07) is 5.59. The van der Waals surface area contributed by atoms with Crippen molar-refractivity contribution >= 4 is 18.5 Å². The first kappa shape index (κ1) is 14.1. The molecule has 0 heterocycles. The van der Waals surface area contributed by atoms with Gasteiger partial charge in [-0.25, -0.2) is 0 Å². The largest absolute Gasteiger partial charge is 0.396 e. The molecule has 94 valence electrons. The molecule has 17 heavy (non-hydrogen) atoms. The molecule has 1 amide bonds. The Labute approximate surface area is 108 Å². The van der Waals surface area contributed by atoms with Crippen molar-refractivity contribution in [3.63, 3.8) is 0 Å². The van der Waals surface area contributed by atoms with Crippen LogP contribution in [0.4, 0.5) is 0 Å². The number of hydrogen-bond donors (Lipinski definition) is 3. The van der Waals surface area contributed by atoms with Gasteiger partial charge in [0.25, 0.3) is 5.91 Å². The number of carbonyl (C=O) groups is 1. The Bertz CT molecular complexity index is 393. The first-order chi connectivity index (χ1) is 8.04. The zero-order chi connectivity index (χ0) is 12.8. The van der Waals surface area contributed by atoms with Gasteiger partial charge in [-0.1, -0.05) is 6.07 Å². The predicted molar refractivity (Wildman–Crippen MR) is 71.7 cm³/mol. The van der Waals surface area contributed by atoms with Crippen LogP contribution in [0.1, 0.15) is 35.7 Å². The maximum absolute atomic E-state index is 12.0. The van der Waals surface area contributed by atoms with E-state index >= 15 is 0 Å². The summed E-state index contributed by atoms with van der Waals surface area (Å²) in [5.74, 6) is -0.0798. The molecule has 1 aromatic rings. The Hall–Kier alpha value is -1.00. The minimum atomic E-state index is -0.0798. The van der Waals surface area contributed by atoms with Crippen molar-refractivity contribution in [2.45, 2.75) is 37.6 Å². The zero-order valence-electron chi connectivity index (χ0n) is 10.2. The van der Waals surface area contributed by atoms with Crippen molar-refractivity contribution in [2.75, 3.05) is 6.61 Å². The summed E-state index contributed by atoms with van der Waals surface area (Å²) >= 11 is 4.23. The normalized spacial score (nSPS) is 12.2. The molecule has 0 saturated carbocycles. The van der Waals surface area contributed by atoms with Crippen molar-refractivity contribution in [1.82, 2.24) is 5.32 Å². The van der Waals surface area contributed by atoms with Gasteiger partial charge in [-0.3, -0.25) is 4.79 Å². The number of nitrogens with one attached hydrogen (secondary N) is 1. The molecule has 0 aliphatic carbocycles. The predicted octanol–water partition coefficient (Wildman–Crippen LogP) is 2.17. The van der Waals surface area contributed by atoms with Crippen LogP contribution in [0, 0.1) is 6.92 Å². The van der Waals surface area contributed by atoms with E-state index in [1.807, 2.05) is 26.0 Å². The van der Waals surface area contributed by atoms with Gasteiger partial charge >= 0.3 is 0 Å². The lowest BCUT2D eigenvalue weighted by Crippen LogP contribution is -2.33. The maximum Gasteiger partial charge on any atom is 0.251 e. The molecule has 3 nitrogen and oxygen atoms in total. The van der Waals surface area contributed by atoms with E-state index < -0.39 is 0 Å². The summed E-state index contributed by atoms with van der Waals surface area (Å²) in [4.78, 5) is 12.8. The highest BCUT2D eigenvalue weighted by molar-refractivity contribution is 7.80. The van der Waals surface area contributed by atoms with Crippen LogP contribution in [0.15, 0.2) is 23.1 Å². The maximum atomic E-state index is 12.0. The fourth-order valence-electron chi connectivity index (χ4n) is 1.63. The lowest BCUT2D eigenvalue weighted by atomic mass is 10.1. The number of rotatable bonds is 5. The smallest absolute Gasteiger partial charge is 0.251 e. The monoisotopic (exact) mass is 253 g/mol. The van der Waals surface area contributed by atoms with Crippen molar-refractivity contribution in [1.29, 1.82) is 0 Å².